The van der Waals surface area contributed by atoms with Crippen LogP contribution in [-0.4, -0.2) is 48.3 Å². The number of aliphatic hydroxyl groups is 1. The van der Waals surface area contributed by atoms with Crippen molar-refractivity contribution in [2.75, 3.05) is 33.4 Å². The number of unbranched alkanes of at least 4 members (excludes halogenated alkanes) is 1. The summed E-state index contributed by atoms with van der Waals surface area (Å²) in [6.45, 7) is 3.13. The van der Waals surface area contributed by atoms with Gasteiger partial charge in [-0.3, -0.25) is 4.98 Å². The Bertz CT molecular complexity index is 1050. The van der Waals surface area contributed by atoms with Crippen LogP contribution in [0.2, 0.25) is 5.02 Å². The van der Waals surface area contributed by atoms with E-state index in [1.54, 1.807) is 13.2 Å². The molecule has 0 spiro atoms. The van der Waals surface area contributed by atoms with E-state index in [2.05, 4.69) is 27.4 Å². The number of aryl methyl sites for hydroxylation is 1. The van der Waals surface area contributed by atoms with Crippen molar-refractivity contribution in [2.45, 2.75) is 51.1 Å². The average Bonchev–Trinajstić information content (AvgIpc) is 3.39. The highest BCUT2D eigenvalue weighted by Gasteiger charge is 2.35. The third kappa shape index (κ3) is 6.09. The number of alkyl halides is 1. The van der Waals surface area contributed by atoms with Gasteiger partial charge in [0.2, 0.25) is 0 Å². The topological polar surface area (TPSA) is 45.6 Å². The number of aliphatic hydroxyl groups excluding tert-OH is 1. The van der Waals surface area contributed by atoms with Crippen LogP contribution < -0.4 is 4.74 Å². The Balaban J connectivity index is 1.31. The molecule has 0 amide bonds. The predicted molar refractivity (Wildman–Crippen MR) is 139 cm³/mol. The second-order valence-corrected chi connectivity index (χ2v) is 10.9. The summed E-state index contributed by atoms with van der Waals surface area (Å²) in [4.78, 5) is 8.29. The molecule has 1 N–H and O–H groups in total. The minimum absolute atomic E-state index is 0.102. The summed E-state index contributed by atoms with van der Waals surface area (Å²) < 4.78 is 20.9. The molecule has 1 aliphatic rings. The molecule has 1 aliphatic heterocycles. The van der Waals surface area contributed by atoms with Gasteiger partial charge in [-0.1, -0.05) is 17.7 Å². The normalized spacial score (nSPS) is 17.2. The number of piperidine rings is 1. The Morgan fingerprint density at radius 3 is 2.79 bits per heavy atom. The van der Waals surface area contributed by atoms with Crippen molar-refractivity contribution >= 4 is 33.8 Å². The largest absolute Gasteiger partial charge is 0.497 e. The van der Waals surface area contributed by atoms with E-state index in [1.807, 2.05) is 23.5 Å². The maximum absolute atomic E-state index is 15.6. The summed E-state index contributed by atoms with van der Waals surface area (Å²) in [6.07, 6.45) is 6.63. The van der Waals surface area contributed by atoms with Crippen molar-refractivity contribution in [3.05, 3.63) is 57.4 Å². The first-order chi connectivity index (χ1) is 16.5. The van der Waals surface area contributed by atoms with Crippen molar-refractivity contribution in [1.29, 1.82) is 0 Å². The first-order valence-corrected chi connectivity index (χ1v) is 13.4. The number of hydrogen-bond donors (Lipinski definition) is 1. The van der Waals surface area contributed by atoms with E-state index in [4.69, 9.17) is 16.3 Å². The van der Waals surface area contributed by atoms with Gasteiger partial charge in [-0.05, 0) is 99.6 Å². The van der Waals surface area contributed by atoms with E-state index in [1.165, 1.54) is 23.9 Å². The lowest BCUT2D eigenvalue weighted by Crippen LogP contribution is -2.42. The molecule has 0 radical (unpaired) electrons. The molecule has 4 nitrogen and oxygen atoms in total. The van der Waals surface area contributed by atoms with Crippen molar-refractivity contribution in [3.8, 4) is 5.75 Å². The maximum atomic E-state index is 15.6. The number of rotatable bonds is 11. The number of pyridine rings is 1. The van der Waals surface area contributed by atoms with E-state index in [0.29, 0.717) is 40.1 Å². The number of hydrogen-bond acceptors (Lipinski definition) is 5. The highest BCUT2D eigenvalue weighted by Crippen LogP contribution is 2.41. The summed E-state index contributed by atoms with van der Waals surface area (Å²) in [7, 11) is 1.59. The second kappa shape index (κ2) is 11.8. The molecule has 7 heteroatoms. The summed E-state index contributed by atoms with van der Waals surface area (Å²) >= 11 is 8.23. The molecule has 1 atom stereocenters. The van der Waals surface area contributed by atoms with Crippen molar-refractivity contribution in [1.82, 2.24) is 9.88 Å². The van der Waals surface area contributed by atoms with Crippen molar-refractivity contribution in [3.63, 3.8) is 0 Å². The summed E-state index contributed by atoms with van der Waals surface area (Å²) in [5.74, 6) is 0.652. The molecule has 0 bridgehead atoms. The zero-order valence-electron chi connectivity index (χ0n) is 19.8. The molecule has 34 heavy (non-hydrogen) atoms. The smallest absolute Gasteiger partial charge is 0.127 e. The van der Waals surface area contributed by atoms with Crippen LogP contribution in [0.5, 0.6) is 5.75 Å². The molecule has 1 fully saturated rings. The van der Waals surface area contributed by atoms with Gasteiger partial charge in [-0.15, -0.1) is 11.3 Å². The number of fused-ring (bicyclic) bond motifs is 1. The Morgan fingerprint density at radius 2 is 2.09 bits per heavy atom. The molecular weight excluding hydrogens is 471 g/mol. The molecule has 3 heterocycles. The molecule has 3 aromatic rings. The van der Waals surface area contributed by atoms with Crippen LogP contribution >= 0.6 is 22.9 Å². The maximum Gasteiger partial charge on any atom is 0.127 e. The Labute approximate surface area is 210 Å². The summed E-state index contributed by atoms with van der Waals surface area (Å²) in [6, 6.07) is 9.76. The number of nitrogens with zero attached hydrogens (tertiary/aromatic N) is 2. The number of ether oxygens (including phenoxy) is 1. The van der Waals surface area contributed by atoms with Gasteiger partial charge in [0.15, 0.2) is 0 Å². The lowest BCUT2D eigenvalue weighted by Gasteiger charge is -2.41. The van der Waals surface area contributed by atoms with E-state index in [0.717, 1.165) is 38.9 Å². The lowest BCUT2D eigenvalue weighted by atomic mass is 9.74. The number of halogens is 2. The van der Waals surface area contributed by atoms with Crippen LogP contribution in [0.3, 0.4) is 0 Å². The van der Waals surface area contributed by atoms with Gasteiger partial charge in [0.05, 0.1) is 17.6 Å². The summed E-state index contributed by atoms with van der Waals surface area (Å²) in [5, 5.41) is 13.4. The lowest BCUT2D eigenvalue weighted by molar-refractivity contribution is 0.0298. The molecule has 1 aromatic carbocycles. The minimum Gasteiger partial charge on any atom is -0.497 e. The van der Waals surface area contributed by atoms with E-state index in [-0.39, 0.29) is 12.0 Å². The fourth-order valence-electron chi connectivity index (χ4n) is 5.02. The highest BCUT2D eigenvalue weighted by molar-refractivity contribution is 7.09. The molecule has 2 aromatic heterocycles. The molecule has 184 valence electrons. The SMILES string of the molecule is COc1ccc2ncc(Cl)c([C@H](F)CCC3(CO)CCN(CCCCc4cccs4)CC3)c2c1. The zero-order chi connectivity index (χ0) is 24.0. The van der Waals surface area contributed by atoms with Gasteiger partial charge in [-0.25, -0.2) is 4.39 Å². The number of methoxy groups -OCH3 is 1. The standard InChI is InChI=1S/C27H34ClFN2O2S/c1-33-20-7-8-25-22(17-20)26(23(28)18-30-25)24(29)9-10-27(19-32)11-14-31(15-12-27)13-3-2-5-21-6-4-16-34-21/h4,6-8,16-18,24,32H,2-3,5,9-15,19H2,1H3/t24-/m1/s1. The molecule has 0 aliphatic carbocycles. The van der Waals surface area contributed by atoms with Gasteiger partial charge in [0, 0.05) is 28.6 Å². The van der Waals surface area contributed by atoms with Crippen LogP contribution in [0.1, 0.15) is 55.1 Å². The first-order valence-electron chi connectivity index (χ1n) is 12.2. The second-order valence-electron chi connectivity index (χ2n) is 9.45. The predicted octanol–water partition coefficient (Wildman–Crippen LogP) is 6.85. The minimum atomic E-state index is -1.22. The van der Waals surface area contributed by atoms with E-state index in [9.17, 15) is 5.11 Å². The molecule has 0 unspecified atom stereocenters. The van der Waals surface area contributed by atoms with E-state index >= 15 is 4.39 Å². The fourth-order valence-corrected chi connectivity index (χ4v) is 6.04. The Kier molecular flexibility index (Phi) is 8.81. The highest BCUT2D eigenvalue weighted by atomic mass is 35.5. The number of likely N-dealkylation sites (tertiary alicyclic amines) is 1. The first kappa shape index (κ1) is 25.4. The van der Waals surface area contributed by atoms with Gasteiger partial charge < -0.3 is 14.7 Å². The van der Waals surface area contributed by atoms with Crippen LogP contribution in [0, 0.1) is 5.41 Å². The van der Waals surface area contributed by atoms with Crippen LogP contribution in [0.4, 0.5) is 4.39 Å². The van der Waals surface area contributed by atoms with Gasteiger partial charge in [0.25, 0.3) is 0 Å². The van der Waals surface area contributed by atoms with Crippen LogP contribution in [0.25, 0.3) is 10.9 Å². The van der Waals surface area contributed by atoms with Crippen LogP contribution in [-0.2, 0) is 6.42 Å². The quantitative estimate of drug-likeness (QED) is 0.290. The van der Waals surface area contributed by atoms with Gasteiger partial charge >= 0.3 is 0 Å². The molecule has 4 rings (SSSR count). The van der Waals surface area contributed by atoms with Gasteiger partial charge in [-0.2, -0.15) is 0 Å². The van der Waals surface area contributed by atoms with E-state index < -0.39 is 6.17 Å². The average molecular weight is 505 g/mol. The third-order valence-electron chi connectivity index (χ3n) is 7.29. The Hall–Kier alpha value is -1.73. The monoisotopic (exact) mass is 504 g/mol. The zero-order valence-corrected chi connectivity index (χ0v) is 21.4. The van der Waals surface area contributed by atoms with Crippen LogP contribution in [0.15, 0.2) is 41.9 Å². The molecular formula is C27H34ClFN2O2S. The van der Waals surface area contributed by atoms with Gasteiger partial charge in [0.1, 0.15) is 11.9 Å². The summed E-state index contributed by atoms with van der Waals surface area (Å²) in [5.41, 5.74) is 0.957. The molecule has 0 saturated carbocycles. The number of benzene rings is 1. The molecule has 1 saturated heterocycles. The Morgan fingerprint density at radius 1 is 1.26 bits per heavy atom. The van der Waals surface area contributed by atoms with Crippen molar-refractivity contribution in [2.24, 2.45) is 5.41 Å². The van der Waals surface area contributed by atoms with Crippen molar-refractivity contribution < 1.29 is 14.2 Å². The third-order valence-corrected chi connectivity index (χ3v) is 8.53. The fraction of sp³-hybridized carbons (Fsp3) is 0.519. The number of thiophene rings is 1. The number of aromatic nitrogens is 1.